The van der Waals surface area contributed by atoms with Gasteiger partial charge in [-0.05, 0) is 54.9 Å². The van der Waals surface area contributed by atoms with Gasteiger partial charge in [0.05, 0.1) is 29.7 Å². The molecule has 0 aliphatic carbocycles. The summed E-state index contributed by atoms with van der Waals surface area (Å²) >= 11 is 12.2. The highest BCUT2D eigenvalue weighted by molar-refractivity contribution is 6.31. The van der Waals surface area contributed by atoms with Crippen LogP contribution in [0.3, 0.4) is 0 Å². The number of carbonyl (C=O) groups is 1. The molecule has 0 bridgehead atoms. The second-order valence-corrected chi connectivity index (χ2v) is 11.2. The van der Waals surface area contributed by atoms with Crippen molar-refractivity contribution >= 4 is 29.3 Å². The van der Waals surface area contributed by atoms with E-state index in [1.807, 2.05) is 13.8 Å². The number of halogens is 4. The van der Waals surface area contributed by atoms with Crippen LogP contribution in [0.4, 0.5) is 13.6 Å². The van der Waals surface area contributed by atoms with Crippen LogP contribution < -0.4 is 10.6 Å². The summed E-state index contributed by atoms with van der Waals surface area (Å²) in [7, 11) is 0. The number of carbonyl (C=O) groups excluding carboxylic acids is 1. The molecule has 1 amide bonds. The van der Waals surface area contributed by atoms with E-state index in [-0.39, 0.29) is 47.2 Å². The van der Waals surface area contributed by atoms with Crippen LogP contribution in [0.2, 0.25) is 10.0 Å². The van der Waals surface area contributed by atoms with Gasteiger partial charge in [-0.3, -0.25) is 5.32 Å². The minimum Gasteiger partial charge on any atom is -0.430 e. The number of hydrogen-bond donors (Lipinski definition) is 5. The Kier molecular flexibility index (Phi) is 11.3. The van der Waals surface area contributed by atoms with Gasteiger partial charge in [-0.2, -0.15) is 5.26 Å². The molecule has 1 saturated heterocycles. The van der Waals surface area contributed by atoms with Gasteiger partial charge in [-0.1, -0.05) is 55.2 Å². The number of aliphatic hydroxyl groups is 3. The van der Waals surface area contributed by atoms with E-state index in [0.29, 0.717) is 12.8 Å². The Morgan fingerprint density at radius 2 is 1.95 bits per heavy atom. The van der Waals surface area contributed by atoms with Crippen LogP contribution in [0.5, 0.6) is 0 Å². The van der Waals surface area contributed by atoms with Crippen LogP contribution in [0, 0.1) is 28.4 Å². The maximum atomic E-state index is 15.7. The highest BCUT2D eigenvalue weighted by Crippen LogP contribution is 2.53. The molecule has 0 unspecified atom stereocenters. The third kappa shape index (κ3) is 6.77. The molecule has 1 fully saturated rings. The maximum Gasteiger partial charge on any atom is 0.408 e. The van der Waals surface area contributed by atoms with Crippen molar-refractivity contribution in [3.8, 4) is 6.07 Å². The van der Waals surface area contributed by atoms with Crippen LogP contribution >= 0.6 is 23.2 Å². The Morgan fingerprint density at radius 1 is 1.24 bits per heavy atom. The van der Waals surface area contributed by atoms with Crippen molar-refractivity contribution in [2.75, 3.05) is 19.8 Å². The molecule has 0 spiro atoms. The van der Waals surface area contributed by atoms with Crippen molar-refractivity contribution in [3.63, 3.8) is 0 Å². The fourth-order valence-corrected chi connectivity index (χ4v) is 5.95. The Bertz CT molecular complexity index is 1250. The second kappa shape index (κ2) is 14.1. The SMILES string of the molecule is CCC(CC)(CO)C[C@@H]1N[C@H](OC(=O)NCC[C@H](O)CO)[C@H](c2cccc(Cl)c2F)[C@@]1(C#N)c1ccc(Cl)cc1F. The van der Waals surface area contributed by atoms with Gasteiger partial charge in [0.15, 0.2) is 6.23 Å². The van der Waals surface area contributed by atoms with Crippen molar-refractivity contribution in [1.29, 1.82) is 5.26 Å². The minimum absolute atomic E-state index is 0.0403. The number of nitrogens with one attached hydrogen (secondary N) is 2. The number of nitriles is 1. The lowest BCUT2D eigenvalue weighted by atomic mass is 9.62. The number of rotatable bonds is 12. The third-order valence-corrected chi connectivity index (χ3v) is 8.78. The molecule has 41 heavy (non-hydrogen) atoms. The van der Waals surface area contributed by atoms with Crippen molar-refractivity contribution in [1.82, 2.24) is 10.6 Å². The molecule has 1 aliphatic heterocycles. The van der Waals surface area contributed by atoms with E-state index in [1.54, 1.807) is 0 Å². The van der Waals surface area contributed by atoms with E-state index in [0.717, 1.165) is 6.07 Å². The molecular weight excluding hydrogens is 579 g/mol. The lowest BCUT2D eigenvalue weighted by Gasteiger charge is -2.39. The standard InChI is InChI=1S/C29H35Cl2F2N3O5/c1-3-28(4-2,16-38)13-23-29(15-34,20-9-8-17(30)12-22(20)32)24(19-6-5-7-21(31)25(19)33)26(36-23)41-27(40)35-11-10-18(39)14-37/h5-9,12,18,23-24,26,36-39H,3-4,10-11,13-14,16H2,1-2H3,(H,35,40)/t18-,23-,24-,26+,29-/m0/s1. The number of hydrogen-bond acceptors (Lipinski definition) is 7. The molecule has 8 nitrogen and oxygen atoms in total. The Balaban J connectivity index is 2.21. The molecule has 12 heteroatoms. The zero-order chi connectivity index (χ0) is 30.4. The first-order valence-corrected chi connectivity index (χ1v) is 14.2. The molecule has 2 aromatic carbocycles. The zero-order valence-electron chi connectivity index (χ0n) is 22.8. The first kappa shape index (κ1) is 33.0. The van der Waals surface area contributed by atoms with Gasteiger partial charge < -0.3 is 25.4 Å². The smallest absolute Gasteiger partial charge is 0.408 e. The van der Waals surface area contributed by atoms with Crippen LogP contribution in [0.15, 0.2) is 36.4 Å². The fraction of sp³-hybridized carbons (Fsp3) is 0.517. The molecule has 0 aromatic heterocycles. The van der Waals surface area contributed by atoms with Gasteiger partial charge in [0, 0.05) is 29.8 Å². The third-order valence-electron chi connectivity index (χ3n) is 8.25. The van der Waals surface area contributed by atoms with E-state index in [1.165, 1.54) is 30.3 Å². The van der Waals surface area contributed by atoms with Gasteiger partial charge >= 0.3 is 6.09 Å². The number of ether oxygens (including phenoxy) is 1. The van der Waals surface area contributed by atoms with Crippen molar-refractivity contribution in [2.24, 2.45) is 5.41 Å². The van der Waals surface area contributed by atoms with Gasteiger partial charge in [-0.15, -0.1) is 0 Å². The van der Waals surface area contributed by atoms with E-state index < -0.39 is 59.5 Å². The normalized spacial score (nSPS) is 23.2. The summed E-state index contributed by atoms with van der Waals surface area (Å²) in [6.07, 6.45) is -2.07. The Morgan fingerprint density at radius 3 is 2.54 bits per heavy atom. The molecule has 1 aliphatic rings. The first-order chi connectivity index (χ1) is 19.5. The molecule has 2 aromatic rings. The van der Waals surface area contributed by atoms with Gasteiger partial charge in [0.25, 0.3) is 0 Å². The van der Waals surface area contributed by atoms with Crippen LogP contribution in [-0.2, 0) is 10.2 Å². The number of amides is 1. The first-order valence-electron chi connectivity index (χ1n) is 13.4. The summed E-state index contributed by atoms with van der Waals surface area (Å²) in [6.45, 7) is 3.03. The van der Waals surface area contributed by atoms with Crippen LogP contribution in [0.25, 0.3) is 0 Å². The summed E-state index contributed by atoms with van der Waals surface area (Å²) in [4.78, 5) is 12.9. The summed E-state index contributed by atoms with van der Waals surface area (Å²) in [5.74, 6) is -2.94. The van der Waals surface area contributed by atoms with Gasteiger partial charge in [0.1, 0.15) is 17.0 Å². The summed E-state index contributed by atoms with van der Waals surface area (Å²) in [5.41, 5.74) is -2.68. The highest BCUT2D eigenvalue weighted by Gasteiger charge is 2.61. The molecule has 224 valence electrons. The largest absolute Gasteiger partial charge is 0.430 e. The second-order valence-electron chi connectivity index (χ2n) is 10.4. The fourth-order valence-electron chi connectivity index (χ4n) is 5.61. The van der Waals surface area contributed by atoms with E-state index >= 15 is 8.78 Å². The lowest BCUT2D eigenvalue weighted by molar-refractivity contribution is 0.0643. The van der Waals surface area contributed by atoms with Crippen LogP contribution in [0.1, 0.15) is 56.6 Å². The summed E-state index contributed by atoms with van der Waals surface area (Å²) in [6, 6.07) is 9.40. The number of nitrogens with zero attached hydrogens (tertiary/aromatic N) is 1. The van der Waals surface area contributed by atoms with E-state index in [2.05, 4.69) is 16.7 Å². The van der Waals surface area contributed by atoms with E-state index in [4.69, 9.17) is 33.0 Å². The van der Waals surface area contributed by atoms with Crippen molar-refractivity contribution in [3.05, 3.63) is 69.2 Å². The van der Waals surface area contributed by atoms with E-state index in [9.17, 15) is 20.3 Å². The molecule has 0 saturated carbocycles. The van der Waals surface area contributed by atoms with Crippen LogP contribution in [-0.4, -0.2) is 59.5 Å². The summed E-state index contributed by atoms with van der Waals surface area (Å²) < 4.78 is 37.1. The maximum absolute atomic E-state index is 15.7. The minimum atomic E-state index is -1.84. The monoisotopic (exact) mass is 613 g/mol. The predicted molar refractivity (Wildman–Crippen MR) is 150 cm³/mol. The highest BCUT2D eigenvalue weighted by atomic mass is 35.5. The van der Waals surface area contributed by atoms with Crippen molar-refractivity contribution < 1.29 is 33.6 Å². The van der Waals surface area contributed by atoms with Gasteiger partial charge in [0.2, 0.25) is 0 Å². The molecular formula is C29H35Cl2F2N3O5. The average molecular weight is 615 g/mol. The Labute approximate surface area is 248 Å². The number of aliphatic hydroxyl groups excluding tert-OH is 3. The number of alkyl carbamates (subject to hydrolysis) is 1. The lowest BCUT2D eigenvalue weighted by Crippen LogP contribution is -2.46. The molecule has 0 radical (unpaired) electrons. The van der Waals surface area contributed by atoms with Gasteiger partial charge in [-0.25, -0.2) is 13.6 Å². The summed E-state index contributed by atoms with van der Waals surface area (Å²) in [5, 5.41) is 45.3. The van der Waals surface area contributed by atoms with Crippen molar-refractivity contribution in [2.45, 2.75) is 69.2 Å². The zero-order valence-corrected chi connectivity index (χ0v) is 24.4. The Hall–Kier alpha value is -2.52. The predicted octanol–water partition coefficient (Wildman–Crippen LogP) is 4.77. The molecule has 1 heterocycles. The topological polar surface area (TPSA) is 135 Å². The molecule has 5 atom stereocenters. The number of benzene rings is 2. The quantitative estimate of drug-likeness (QED) is 0.233. The molecule has 5 N–H and O–H groups in total. The molecule has 3 rings (SSSR count). The average Bonchev–Trinajstić information content (AvgIpc) is 3.25.